The zero-order valence-electron chi connectivity index (χ0n) is 18.6. The summed E-state index contributed by atoms with van der Waals surface area (Å²) in [4.78, 5) is 23.9. The SMILES string of the molecule is CCCCCCCC(=O)O[C@H](COP=O)COC(=O)CCCCCCCCCCS. The molecule has 0 bridgehead atoms. The average molecular weight is 465 g/mol. The topological polar surface area (TPSA) is 78.9 Å². The van der Waals surface area contributed by atoms with E-state index in [2.05, 4.69) is 19.6 Å². The van der Waals surface area contributed by atoms with Crippen LogP contribution >= 0.6 is 21.3 Å². The number of rotatable bonds is 22. The molecule has 1 atom stereocenters. The summed E-state index contributed by atoms with van der Waals surface area (Å²) in [6.07, 6.45) is 14.2. The van der Waals surface area contributed by atoms with Crippen molar-refractivity contribution in [2.75, 3.05) is 19.0 Å². The largest absolute Gasteiger partial charge is 0.462 e. The van der Waals surface area contributed by atoms with Gasteiger partial charge in [-0.2, -0.15) is 12.6 Å². The predicted molar refractivity (Wildman–Crippen MR) is 123 cm³/mol. The van der Waals surface area contributed by atoms with Crippen molar-refractivity contribution >= 4 is 33.3 Å². The summed E-state index contributed by atoms with van der Waals surface area (Å²) >= 11 is 4.21. The van der Waals surface area contributed by atoms with Crippen molar-refractivity contribution in [3.05, 3.63) is 0 Å². The number of hydrogen-bond acceptors (Lipinski definition) is 7. The molecule has 8 heteroatoms. The Hall–Kier alpha value is -0.650. The second-order valence-corrected chi connectivity index (χ2v) is 8.49. The molecule has 0 aromatic rings. The minimum Gasteiger partial charge on any atom is -0.462 e. The van der Waals surface area contributed by atoms with Crippen molar-refractivity contribution in [1.29, 1.82) is 0 Å². The second-order valence-electron chi connectivity index (χ2n) is 7.63. The summed E-state index contributed by atoms with van der Waals surface area (Å²) in [5.74, 6) is 0.321. The highest BCUT2D eigenvalue weighted by Crippen LogP contribution is 2.11. The zero-order valence-corrected chi connectivity index (χ0v) is 20.4. The van der Waals surface area contributed by atoms with Crippen molar-refractivity contribution in [3.8, 4) is 0 Å². The molecule has 0 N–H and O–H groups in total. The first kappa shape index (κ1) is 29.4. The van der Waals surface area contributed by atoms with Gasteiger partial charge in [-0.15, -0.1) is 0 Å². The Morgan fingerprint density at radius 2 is 1.30 bits per heavy atom. The quantitative estimate of drug-likeness (QED) is 0.0856. The molecule has 0 fully saturated rings. The summed E-state index contributed by atoms with van der Waals surface area (Å²) in [6.45, 7) is 2.01. The summed E-state index contributed by atoms with van der Waals surface area (Å²) in [7, 11) is -0.490. The van der Waals surface area contributed by atoms with Gasteiger partial charge in [-0.05, 0) is 25.0 Å². The maximum atomic E-state index is 11.9. The number of carbonyl (C=O) groups excluding carboxylic acids is 2. The second kappa shape index (κ2) is 23.0. The Kier molecular flexibility index (Phi) is 22.5. The fourth-order valence-corrected chi connectivity index (χ4v) is 3.50. The van der Waals surface area contributed by atoms with Crippen molar-refractivity contribution < 1.29 is 28.2 Å². The Morgan fingerprint density at radius 1 is 0.767 bits per heavy atom. The third-order valence-corrected chi connectivity index (χ3v) is 5.39. The fraction of sp³-hybridized carbons (Fsp3) is 0.909. The summed E-state index contributed by atoms with van der Waals surface area (Å²) in [5.41, 5.74) is 0. The summed E-state index contributed by atoms with van der Waals surface area (Å²) in [6, 6.07) is 0. The van der Waals surface area contributed by atoms with Crippen molar-refractivity contribution in [2.24, 2.45) is 0 Å². The average Bonchev–Trinajstić information content (AvgIpc) is 2.74. The van der Waals surface area contributed by atoms with E-state index in [1.807, 2.05) is 0 Å². The lowest BCUT2D eigenvalue weighted by atomic mass is 10.1. The van der Waals surface area contributed by atoms with Crippen molar-refractivity contribution in [1.82, 2.24) is 0 Å². The van der Waals surface area contributed by atoms with Crippen molar-refractivity contribution in [2.45, 2.75) is 109 Å². The van der Waals surface area contributed by atoms with Crippen LogP contribution in [0.5, 0.6) is 0 Å². The first-order chi connectivity index (χ1) is 14.6. The molecule has 0 aromatic heterocycles. The zero-order chi connectivity index (χ0) is 22.3. The molecule has 0 saturated carbocycles. The number of thiol groups is 1. The molecule has 0 spiro atoms. The Balaban J connectivity index is 3.88. The van der Waals surface area contributed by atoms with E-state index < -0.39 is 14.8 Å². The number of esters is 2. The van der Waals surface area contributed by atoms with E-state index in [1.54, 1.807) is 0 Å². The van der Waals surface area contributed by atoms with E-state index in [0.29, 0.717) is 12.8 Å². The van der Waals surface area contributed by atoms with E-state index >= 15 is 0 Å². The van der Waals surface area contributed by atoms with Crippen LogP contribution in [0.4, 0.5) is 0 Å². The van der Waals surface area contributed by atoms with Crippen LogP contribution in [0.15, 0.2) is 0 Å². The van der Waals surface area contributed by atoms with Gasteiger partial charge in [0.05, 0.1) is 0 Å². The molecule has 0 rings (SSSR count). The molecule has 0 heterocycles. The standard InChI is InChI=1S/C22H41O6PS/c1-2-3-4-9-13-16-22(24)28-20(19-27-29-25)18-26-21(23)15-12-10-7-5-6-8-11-14-17-30/h20,30H,2-19H2,1H3/t20-/m0/s1. The number of unbranched alkanes of at least 4 members (excludes halogenated alkanes) is 11. The first-order valence-electron chi connectivity index (χ1n) is 11.5. The Labute approximate surface area is 189 Å². The van der Waals surface area contributed by atoms with Gasteiger partial charge < -0.3 is 9.47 Å². The lowest BCUT2D eigenvalue weighted by Gasteiger charge is -2.16. The first-order valence-corrected chi connectivity index (χ1v) is 12.9. The molecular weight excluding hydrogens is 423 g/mol. The number of carbonyl (C=O) groups is 2. The summed E-state index contributed by atoms with van der Waals surface area (Å²) < 4.78 is 25.9. The normalized spacial score (nSPS) is 12.1. The Bertz CT molecular complexity index is 436. The van der Waals surface area contributed by atoms with E-state index in [0.717, 1.165) is 50.7 Å². The highest BCUT2D eigenvalue weighted by molar-refractivity contribution is 7.80. The van der Waals surface area contributed by atoms with Gasteiger partial charge in [0.1, 0.15) is 13.2 Å². The molecule has 0 aliphatic rings. The van der Waals surface area contributed by atoms with E-state index in [4.69, 9.17) is 14.0 Å². The van der Waals surface area contributed by atoms with Crippen LogP contribution in [0.3, 0.4) is 0 Å². The smallest absolute Gasteiger partial charge is 0.327 e. The highest BCUT2D eigenvalue weighted by atomic mass is 32.1. The third-order valence-electron chi connectivity index (χ3n) is 4.81. The van der Waals surface area contributed by atoms with Crippen molar-refractivity contribution in [3.63, 3.8) is 0 Å². The maximum absolute atomic E-state index is 11.9. The minimum atomic E-state index is -0.726. The van der Waals surface area contributed by atoms with Gasteiger partial charge in [0.15, 0.2) is 6.10 Å². The number of ether oxygens (including phenoxy) is 2. The van der Waals surface area contributed by atoms with Gasteiger partial charge in [0, 0.05) is 12.8 Å². The van der Waals surface area contributed by atoms with Crippen LogP contribution in [0.25, 0.3) is 0 Å². The van der Waals surface area contributed by atoms with Gasteiger partial charge >= 0.3 is 20.6 Å². The highest BCUT2D eigenvalue weighted by Gasteiger charge is 2.17. The van der Waals surface area contributed by atoms with Gasteiger partial charge in [0.2, 0.25) is 0 Å². The van der Waals surface area contributed by atoms with Crippen LogP contribution in [-0.4, -0.2) is 37.0 Å². The molecule has 6 nitrogen and oxygen atoms in total. The van der Waals surface area contributed by atoms with Crippen LogP contribution in [0.2, 0.25) is 0 Å². The number of hydrogen-bond donors (Lipinski definition) is 1. The molecule has 0 aromatic carbocycles. The van der Waals surface area contributed by atoms with Gasteiger partial charge in [-0.1, -0.05) is 71.1 Å². The molecular formula is C22H41O6PS. The predicted octanol–water partition coefficient (Wildman–Crippen LogP) is 6.47. The van der Waals surface area contributed by atoms with E-state index in [1.165, 1.54) is 38.5 Å². The van der Waals surface area contributed by atoms with Crippen LogP contribution in [0.1, 0.15) is 103 Å². The summed E-state index contributed by atoms with van der Waals surface area (Å²) in [5, 5.41) is 0. The maximum Gasteiger partial charge on any atom is 0.327 e. The van der Waals surface area contributed by atoms with Gasteiger partial charge in [0.25, 0.3) is 0 Å². The lowest BCUT2D eigenvalue weighted by Crippen LogP contribution is -2.28. The van der Waals surface area contributed by atoms with E-state index in [9.17, 15) is 14.2 Å². The lowest BCUT2D eigenvalue weighted by molar-refractivity contribution is -0.160. The van der Waals surface area contributed by atoms with Gasteiger partial charge in [-0.25, -0.2) is 4.57 Å². The monoisotopic (exact) mass is 464 g/mol. The Morgan fingerprint density at radius 3 is 1.87 bits per heavy atom. The van der Waals surface area contributed by atoms with E-state index in [-0.39, 0.29) is 25.2 Å². The molecule has 0 aliphatic carbocycles. The molecule has 176 valence electrons. The molecule has 0 amide bonds. The molecule has 0 aliphatic heterocycles. The fourth-order valence-electron chi connectivity index (χ4n) is 3.05. The molecule has 0 saturated heterocycles. The van der Waals surface area contributed by atoms with Gasteiger partial charge in [-0.3, -0.25) is 14.1 Å². The minimum absolute atomic E-state index is 0.0624. The third kappa shape index (κ3) is 20.6. The molecule has 0 radical (unpaired) electrons. The van der Waals surface area contributed by atoms with Crippen LogP contribution < -0.4 is 0 Å². The van der Waals surface area contributed by atoms with Crippen LogP contribution in [-0.2, 0) is 28.2 Å². The molecule has 0 unspecified atom stereocenters. The van der Waals surface area contributed by atoms with Crippen LogP contribution in [0, 0.1) is 0 Å². The molecule has 30 heavy (non-hydrogen) atoms.